The standard InChI is InChI=1S/C7H15NOS/c1-3-5-10-6-4-7(9)8-2/h3-6H2,1-2H3,(H,8,9). The average Bonchev–Trinajstić information content (AvgIpc) is 1.98. The minimum absolute atomic E-state index is 0.142. The largest absolute Gasteiger partial charge is 0.359 e. The molecule has 0 aliphatic rings. The smallest absolute Gasteiger partial charge is 0.220 e. The molecule has 1 amide bonds. The third-order valence-corrected chi connectivity index (χ3v) is 2.29. The molecule has 0 radical (unpaired) electrons. The van der Waals surface area contributed by atoms with E-state index in [1.54, 1.807) is 7.05 Å². The van der Waals surface area contributed by atoms with E-state index in [0.717, 1.165) is 11.5 Å². The second-order valence-corrected chi connectivity index (χ2v) is 3.26. The Balaban J connectivity index is 2.96. The first-order chi connectivity index (χ1) is 4.81. The van der Waals surface area contributed by atoms with Crippen molar-refractivity contribution in [2.24, 2.45) is 0 Å². The molecule has 0 saturated heterocycles. The minimum atomic E-state index is 0.142. The summed E-state index contributed by atoms with van der Waals surface area (Å²) in [7, 11) is 1.67. The van der Waals surface area contributed by atoms with Crippen LogP contribution in [0.2, 0.25) is 0 Å². The first-order valence-electron chi connectivity index (χ1n) is 3.59. The normalized spacial score (nSPS) is 9.40. The van der Waals surface area contributed by atoms with Crippen LogP contribution in [0.1, 0.15) is 19.8 Å². The molecule has 0 aliphatic heterocycles. The lowest BCUT2D eigenvalue weighted by Gasteiger charge is -1.97. The number of carbonyl (C=O) groups is 1. The van der Waals surface area contributed by atoms with Gasteiger partial charge in [-0.1, -0.05) is 6.92 Å². The van der Waals surface area contributed by atoms with Crippen molar-refractivity contribution in [1.29, 1.82) is 0 Å². The maximum atomic E-state index is 10.7. The van der Waals surface area contributed by atoms with Crippen LogP contribution < -0.4 is 5.32 Å². The van der Waals surface area contributed by atoms with Crippen LogP contribution in [-0.4, -0.2) is 24.5 Å². The van der Waals surface area contributed by atoms with Gasteiger partial charge >= 0.3 is 0 Å². The molecule has 0 saturated carbocycles. The molecule has 0 unspecified atom stereocenters. The zero-order chi connectivity index (χ0) is 7.82. The summed E-state index contributed by atoms with van der Waals surface area (Å²) in [6.45, 7) is 2.15. The van der Waals surface area contributed by atoms with Gasteiger partial charge in [-0.05, 0) is 12.2 Å². The quantitative estimate of drug-likeness (QED) is 0.615. The van der Waals surface area contributed by atoms with E-state index in [1.165, 1.54) is 6.42 Å². The van der Waals surface area contributed by atoms with Gasteiger partial charge in [0.05, 0.1) is 0 Å². The summed E-state index contributed by atoms with van der Waals surface area (Å²) in [5.74, 6) is 2.26. The Hall–Kier alpha value is -0.180. The second kappa shape index (κ2) is 6.93. The maximum absolute atomic E-state index is 10.7. The number of amides is 1. The SMILES string of the molecule is CCCSCCC(=O)NC. The summed E-state index contributed by atoms with van der Waals surface area (Å²) >= 11 is 1.84. The number of nitrogens with one attached hydrogen (secondary N) is 1. The molecule has 1 N–H and O–H groups in total. The number of carbonyl (C=O) groups excluding carboxylic acids is 1. The highest BCUT2D eigenvalue weighted by atomic mass is 32.2. The van der Waals surface area contributed by atoms with Crippen molar-refractivity contribution < 1.29 is 4.79 Å². The lowest BCUT2D eigenvalue weighted by atomic mass is 10.5. The molecule has 0 fully saturated rings. The number of thioether (sulfide) groups is 1. The first-order valence-corrected chi connectivity index (χ1v) is 4.75. The van der Waals surface area contributed by atoms with E-state index in [-0.39, 0.29) is 5.91 Å². The van der Waals surface area contributed by atoms with Crippen LogP contribution in [0.5, 0.6) is 0 Å². The molecular weight excluding hydrogens is 146 g/mol. The van der Waals surface area contributed by atoms with E-state index in [9.17, 15) is 4.79 Å². The zero-order valence-corrected chi connectivity index (χ0v) is 7.46. The van der Waals surface area contributed by atoms with Crippen LogP contribution in [0.4, 0.5) is 0 Å². The Morgan fingerprint density at radius 1 is 1.50 bits per heavy atom. The fourth-order valence-corrected chi connectivity index (χ4v) is 1.36. The van der Waals surface area contributed by atoms with Gasteiger partial charge in [0.2, 0.25) is 5.91 Å². The Bertz CT molecular complexity index is 95.6. The van der Waals surface area contributed by atoms with Gasteiger partial charge in [0.25, 0.3) is 0 Å². The monoisotopic (exact) mass is 161 g/mol. The van der Waals surface area contributed by atoms with E-state index in [0.29, 0.717) is 6.42 Å². The molecule has 0 aromatic carbocycles. The third-order valence-electron chi connectivity index (χ3n) is 1.10. The summed E-state index contributed by atoms with van der Waals surface area (Å²) in [6.07, 6.45) is 1.85. The number of hydrogen-bond acceptors (Lipinski definition) is 2. The van der Waals surface area contributed by atoms with Gasteiger partial charge in [0, 0.05) is 19.2 Å². The van der Waals surface area contributed by atoms with Crippen LogP contribution in [0, 0.1) is 0 Å². The molecule has 0 spiro atoms. The van der Waals surface area contributed by atoms with Crippen LogP contribution in [0.3, 0.4) is 0 Å². The number of rotatable bonds is 5. The van der Waals surface area contributed by atoms with E-state index in [2.05, 4.69) is 12.2 Å². The molecule has 0 aromatic heterocycles. The average molecular weight is 161 g/mol. The van der Waals surface area contributed by atoms with E-state index >= 15 is 0 Å². The molecule has 0 aliphatic carbocycles. The Kier molecular flexibility index (Phi) is 6.81. The molecule has 0 aromatic rings. The third kappa shape index (κ3) is 5.95. The summed E-state index contributed by atoms with van der Waals surface area (Å²) in [4.78, 5) is 10.7. The lowest BCUT2D eigenvalue weighted by Crippen LogP contribution is -2.17. The fourth-order valence-electron chi connectivity index (χ4n) is 0.536. The Morgan fingerprint density at radius 3 is 2.70 bits per heavy atom. The van der Waals surface area contributed by atoms with Crippen molar-refractivity contribution >= 4 is 17.7 Å². The predicted octanol–water partition coefficient (Wildman–Crippen LogP) is 1.27. The molecule has 60 valence electrons. The van der Waals surface area contributed by atoms with Gasteiger partial charge in [-0.3, -0.25) is 4.79 Å². The molecule has 0 bridgehead atoms. The summed E-state index contributed by atoms with van der Waals surface area (Å²) < 4.78 is 0. The van der Waals surface area contributed by atoms with Crippen molar-refractivity contribution in [3.05, 3.63) is 0 Å². The van der Waals surface area contributed by atoms with Crippen molar-refractivity contribution in [3.8, 4) is 0 Å². The first kappa shape index (κ1) is 9.82. The van der Waals surface area contributed by atoms with E-state index in [1.807, 2.05) is 11.8 Å². The van der Waals surface area contributed by atoms with Crippen LogP contribution in [0.25, 0.3) is 0 Å². The molecule has 2 nitrogen and oxygen atoms in total. The lowest BCUT2D eigenvalue weighted by molar-refractivity contribution is -0.120. The summed E-state index contributed by atoms with van der Waals surface area (Å²) in [5, 5.41) is 2.59. The molecule has 0 rings (SSSR count). The molecule has 0 heterocycles. The minimum Gasteiger partial charge on any atom is -0.359 e. The van der Waals surface area contributed by atoms with Gasteiger partial charge in [-0.2, -0.15) is 11.8 Å². The second-order valence-electron chi connectivity index (χ2n) is 2.04. The van der Waals surface area contributed by atoms with E-state index < -0.39 is 0 Å². The highest BCUT2D eigenvalue weighted by Gasteiger charge is 1.95. The van der Waals surface area contributed by atoms with Crippen molar-refractivity contribution in [3.63, 3.8) is 0 Å². The van der Waals surface area contributed by atoms with Gasteiger partial charge < -0.3 is 5.32 Å². The Morgan fingerprint density at radius 2 is 2.20 bits per heavy atom. The molecule has 3 heteroatoms. The predicted molar refractivity (Wildman–Crippen MR) is 46.3 cm³/mol. The highest BCUT2D eigenvalue weighted by Crippen LogP contribution is 2.03. The molecule has 0 atom stereocenters. The van der Waals surface area contributed by atoms with Crippen LogP contribution in [0.15, 0.2) is 0 Å². The Labute approximate surface area is 66.8 Å². The fraction of sp³-hybridized carbons (Fsp3) is 0.857. The van der Waals surface area contributed by atoms with Gasteiger partial charge in [0.15, 0.2) is 0 Å². The van der Waals surface area contributed by atoms with Gasteiger partial charge in [-0.25, -0.2) is 0 Å². The zero-order valence-electron chi connectivity index (χ0n) is 6.64. The van der Waals surface area contributed by atoms with Gasteiger partial charge in [0.1, 0.15) is 0 Å². The summed E-state index contributed by atoms with van der Waals surface area (Å²) in [5.41, 5.74) is 0. The van der Waals surface area contributed by atoms with Crippen molar-refractivity contribution in [2.75, 3.05) is 18.6 Å². The maximum Gasteiger partial charge on any atom is 0.220 e. The van der Waals surface area contributed by atoms with Crippen molar-refractivity contribution in [1.82, 2.24) is 5.32 Å². The van der Waals surface area contributed by atoms with Crippen molar-refractivity contribution in [2.45, 2.75) is 19.8 Å². The van der Waals surface area contributed by atoms with Crippen LogP contribution in [-0.2, 0) is 4.79 Å². The van der Waals surface area contributed by atoms with Crippen LogP contribution >= 0.6 is 11.8 Å². The highest BCUT2D eigenvalue weighted by molar-refractivity contribution is 7.99. The van der Waals surface area contributed by atoms with E-state index in [4.69, 9.17) is 0 Å². The topological polar surface area (TPSA) is 29.1 Å². The van der Waals surface area contributed by atoms with Gasteiger partial charge in [-0.15, -0.1) is 0 Å². The number of hydrogen-bond donors (Lipinski definition) is 1. The summed E-state index contributed by atoms with van der Waals surface area (Å²) in [6, 6.07) is 0. The molecule has 10 heavy (non-hydrogen) atoms. The molecular formula is C7H15NOS.